The first-order valence-corrected chi connectivity index (χ1v) is 8.24. The topological polar surface area (TPSA) is 55.4 Å². The van der Waals surface area contributed by atoms with Crippen LogP contribution in [-0.2, 0) is 16.3 Å². The Morgan fingerprint density at radius 1 is 1.39 bits per heavy atom. The molecule has 2 rings (SSSR count). The van der Waals surface area contributed by atoms with Crippen LogP contribution in [0.4, 0.5) is 0 Å². The molecule has 0 amide bonds. The van der Waals surface area contributed by atoms with Crippen molar-refractivity contribution in [2.24, 2.45) is 0 Å². The molecule has 1 N–H and O–H groups in total. The van der Waals surface area contributed by atoms with Gasteiger partial charge in [-0.2, -0.15) is 0 Å². The largest absolute Gasteiger partial charge is 0.488 e. The van der Waals surface area contributed by atoms with Gasteiger partial charge in [0.25, 0.3) is 0 Å². The zero-order chi connectivity index (χ0) is 13.0. The van der Waals surface area contributed by atoms with Gasteiger partial charge in [0.05, 0.1) is 5.75 Å². The maximum Gasteiger partial charge on any atom is 0.147 e. The molecule has 0 aromatic heterocycles. The second-order valence-corrected chi connectivity index (χ2v) is 7.00. The Hall–Kier alpha value is -1.07. The summed E-state index contributed by atoms with van der Waals surface area (Å²) < 4.78 is 27.7. The van der Waals surface area contributed by atoms with Gasteiger partial charge in [-0.15, -0.1) is 0 Å². The van der Waals surface area contributed by atoms with E-state index in [4.69, 9.17) is 4.74 Å². The maximum atomic E-state index is 10.9. The first-order valence-electron chi connectivity index (χ1n) is 6.17. The molecule has 5 heteroatoms. The highest BCUT2D eigenvalue weighted by Gasteiger charge is 2.21. The van der Waals surface area contributed by atoms with Gasteiger partial charge in [-0.05, 0) is 24.6 Å². The van der Waals surface area contributed by atoms with Crippen molar-refractivity contribution < 1.29 is 13.2 Å². The third kappa shape index (κ3) is 3.99. The minimum Gasteiger partial charge on any atom is -0.488 e. The molecule has 1 aromatic carbocycles. The Labute approximate surface area is 108 Å². The van der Waals surface area contributed by atoms with Gasteiger partial charge in [0.1, 0.15) is 21.7 Å². The van der Waals surface area contributed by atoms with Crippen LogP contribution >= 0.6 is 0 Å². The predicted octanol–water partition coefficient (Wildman–Crippen LogP) is 1.01. The molecule has 100 valence electrons. The van der Waals surface area contributed by atoms with Gasteiger partial charge in [-0.25, -0.2) is 8.42 Å². The van der Waals surface area contributed by atoms with E-state index in [9.17, 15) is 8.42 Å². The van der Waals surface area contributed by atoms with E-state index in [0.717, 1.165) is 18.7 Å². The van der Waals surface area contributed by atoms with Crippen molar-refractivity contribution in [1.82, 2.24) is 5.32 Å². The van der Waals surface area contributed by atoms with Gasteiger partial charge in [0, 0.05) is 19.2 Å². The van der Waals surface area contributed by atoms with E-state index in [2.05, 4.69) is 11.4 Å². The van der Waals surface area contributed by atoms with Gasteiger partial charge < -0.3 is 10.1 Å². The summed E-state index contributed by atoms with van der Waals surface area (Å²) in [4.78, 5) is 0. The maximum absolute atomic E-state index is 10.9. The molecule has 4 nitrogen and oxygen atoms in total. The Kier molecular flexibility index (Phi) is 4.24. The summed E-state index contributed by atoms with van der Waals surface area (Å²) in [6.07, 6.45) is 3.01. The Balaban J connectivity index is 1.65. The van der Waals surface area contributed by atoms with Crippen molar-refractivity contribution >= 4 is 9.84 Å². The number of sulfone groups is 1. The molecule has 1 heterocycles. The summed E-state index contributed by atoms with van der Waals surface area (Å²) in [7, 11) is -2.84. The Morgan fingerprint density at radius 3 is 2.89 bits per heavy atom. The number of para-hydroxylation sites is 1. The average molecular weight is 269 g/mol. The molecule has 1 aromatic rings. The first-order chi connectivity index (χ1) is 8.54. The summed E-state index contributed by atoms with van der Waals surface area (Å²) in [5.41, 5.74) is 1.25. The van der Waals surface area contributed by atoms with E-state index in [-0.39, 0.29) is 11.9 Å². The SMILES string of the molecule is CS(=O)(=O)CCCNCC1Cc2ccccc2O1. The van der Waals surface area contributed by atoms with E-state index >= 15 is 0 Å². The third-order valence-corrected chi connectivity index (χ3v) is 3.98. The van der Waals surface area contributed by atoms with Gasteiger partial charge in [0.2, 0.25) is 0 Å². The standard InChI is InChI=1S/C13H19NO3S/c1-18(15,16)8-4-7-14-10-12-9-11-5-2-3-6-13(11)17-12/h2-3,5-6,12,14H,4,7-10H2,1H3. The fraction of sp³-hybridized carbons (Fsp3) is 0.538. The van der Waals surface area contributed by atoms with Crippen molar-refractivity contribution in [3.8, 4) is 5.75 Å². The van der Waals surface area contributed by atoms with Crippen molar-refractivity contribution in [3.63, 3.8) is 0 Å². The van der Waals surface area contributed by atoms with Crippen LogP contribution in [0.2, 0.25) is 0 Å². The van der Waals surface area contributed by atoms with E-state index in [0.29, 0.717) is 13.0 Å². The highest BCUT2D eigenvalue weighted by atomic mass is 32.2. The lowest BCUT2D eigenvalue weighted by molar-refractivity contribution is 0.228. The fourth-order valence-corrected chi connectivity index (χ4v) is 2.76. The minimum absolute atomic E-state index is 0.167. The van der Waals surface area contributed by atoms with Crippen LogP contribution in [0, 0.1) is 0 Å². The molecule has 1 aliphatic heterocycles. The summed E-state index contributed by atoms with van der Waals surface area (Å²) >= 11 is 0. The zero-order valence-electron chi connectivity index (χ0n) is 10.6. The molecular formula is C13H19NO3S. The molecule has 0 aliphatic carbocycles. The average Bonchev–Trinajstić information content (AvgIpc) is 2.69. The molecule has 0 saturated heterocycles. The highest BCUT2D eigenvalue weighted by Crippen LogP contribution is 2.27. The molecule has 0 radical (unpaired) electrons. The quantitative estimate of drug-likeness (QED) is 0.783. The second-order valence-electron chi connectivity index (χ2n) is 4.74. The van der Waals surface area contributed by atoms with Gasteiger partial charge in [-0.1, -0.05) is 18.2 Å². The van der Waals surface area contributed by atoms with Gasteiger partial charge >= 0.3 is 0 Å². The van der Waals surface area contributed by atoms with Crippen LogP contribution in [0.15, 0.2) is 24.3 Å². The lowest BCUT2D eigenvalue weighted by Gasteiger charge is -2.11. The lowest BCUT2D eigenvalue weighted by Crippen LogP contribution is -2.31. The summed E-state index contributed by atoms with van der Waals surface area (Å²) in [6.45, 7) is 1.47. The van der Waals surface area contributed by atoms with E-state index in [1.807, 2.05) is 18.2 Å². The molecule has 0 fully saturated rings. The predicted molar refractivity (Wildman–Crippen MR) is 71.8 cm³/mol. The molecule has 0 bridgehead atoms. The Bertz CT molecular complexity index is 474. The zero-order valence-corrected chi connectivity index (χ0v) is 11.4. The van der Waals surface area contributed by atoms with Crippen LogP contribution < -0.4 is 10.1 Å². The van der Waals surface area contributed by atoms with E-state index in [1.165, 1.54) is 11.8 Å². The van der Waals surface area contributed by atoms with Crippen LogP contribution in [0.25, 0.3) is 0 Å². The van der Waals surface area contributed by atoms with Gasteiger partial charge in [0.15, 0.2) is 0 Å². The number of nitrogens with one attached hydrogen (secondary N) is 1. The molecule has 1 atom stereocenters. The van der Waals surface area contributed by atoms with E-state index < -0.39 is 9.84 Å². The van der Waals surface area contributed by atoms with Crippen LogP contribution in [-0.4, -0.2) is 39.6 Å². The summed E-state index contributed by atoms with van der Waals surface area (Å²) in [5, 5.41) is 3.25. The van der Waals surface area contributed by atoms with Crippen molar-refractivity contribution in [2.75, 3.05) is 25.1 Å². The molecule has 18 heavy (non-hydrogen) atoms. The number of ether oxygens (including phenoxy) is 1. The number of fused-ring (bicyclic) bond motifs is 1. The number of rotatable bonds is 6. The summed E-state index contributed by atoms with van der Waals surface area (Å²) in [6, 6.07) is 8.06. The van der Waals surface area contributed by atoms with E-state index in [1.54, 1.807) is 0 Å². The summed E-state index contributed by atoms with van der Waals surface area (Å²) in [5.74, 6) is 1.21. The van der Waals surface area contributed by atoms with Crippen molar-refractivity contribution in [3.05, 3.63) is 29.8 Å². The second kappa shape index (κ2) is 5.71. The van der Waals surface area contributed by atoms with Crippen LogP contribution in [0.3, 0.4) is 0 Å². The van der Waals surface area contributed by atoms with Gasteiger partial charge in [-0.3, -0.25) is 0 Å². The minimum atomic E-state index is -2.84. The first kappa shape index (κ1) is 13.4. The normalized spacial score (nSPS) is 18.4. The Morgan fingerprint density at radius 2 is 2.17 bits per heavy atom. The number of benzene rings is 1. The molecule has 0 spiro atoms. The highest BCUT2D eigenvalue weighted by molar-refractivity contribution is 7.90. The fourth-order valence-electron chi connectivity index (χ4n) is 2.09. The number of hydrogen-bond donors (Lipinski definition) is 1. The molecule has 0 saturated carbocycles. The molecule has 1 unspecified atom stereocenters. The smallest absolute Gasteiger partial charge is 0.147 e. The van der Waals surface area contributed by atoms with Crippen molar-refractivity contribution in [1.29, 1.82) is 0 Å². The molecular weight excluding hydrogens is 250 g/mol. The third-order valence-electron chi connectivity index (χ3n) is 2.95. The van der Waals surface area contributed by atoms with Crippen LogP contribution in [0.5, 0.6) is 5.75 Å². The molecule has 1 aliphatic rings. The number of hydrogen-bond acceptors (Lipinski definition) is 4. The van der Waals surface area contributed by atoms with Crippen LogP contribution in [0.1, 0.15) is 12.0 Å². The lowest BCUT2D eigenvalue weighted by atomic mass is 10.1. The monoisotopic (exact) mass is 269 g/mol. The van der Waals surface area contributed by atoms with Crippen molar-refractivity contribution in [2.45, 2.75) is 18.9 Å².